The lowest BCUT2D eigenvalue weighted by atomic mass is 10.1. The monoisotopic (exact) mass is 358 g/mol. The van der Waals surface area contributed by atoms with E-state index < -0.39 is 15.9 Å². The van der Waals surface area contributed by atoms with Gasteiger partial charge in [-0.2, -0.15) is 0 Å². The van der Waals surface area contributed by atoms with Crippen LogP contribution >= 0.6 is 0 Å². The van der Waals surface area contributed by atoms with E-state index in [1.54, 1.807) is 0 Å². The standard InChI is InChI=1S/C15H22N2O6S/c1-2-22-14-9-21-8-7-13(14)17-24(19,20)12-5-3-11(4-6-12)23-10-15(16)18/h3-6,13-14,17H,2,7-10H2,1H3,(H2,16,18)/t13-,14-/m1/s1. The first-order valence-corrected chi connectivity index (χ1v) is 9.13. The van der Waals surface area contributed by atoms with Gasteiger partial charge in [-0.05, 0) is 37.6 Å². The summed E-state index contributed by atoms with van der Waals surface area (Å²) in [6.07, 6.45) is 0.237. The molecule has 0 radical (unpaired) electrons. The third kappa shape index (κ3) is 5.17. The van der Waals surface area contributed by atoms with E-state index in [9.17, 15) is 13.2 Å². The van der Waals surface area contributed by atoms with Crippen LogP contribution in [0.4, 0.5) is 0 Å². The Morgan fingerprint density at radius 3 is 2.71 bits per heavy atom. The Balaban J connectivity index is 2.04. The van der Waals surface area contributed by atoms with Gasteiger partial charge in [-0.1, -0.05) is 0 Å². The van der Waals surface area contributed by atoms with Gasteiger partial charge in [-0.25, -0.2) is 13.1 Å². The van der Waals surface area contributed by atoms with Crippen LogP contribution in [0.3, 0.4) is 0 Å². The minimum Gasteiger partial charge on any atom is -0.484 e. The first-order valence-electron chi connectivity index (χ1n) is 7.65. The number of nitrogens with one attached hydrogen (secondary N) is 1. The van der Waals surface area contributed by atoms with Crippen LogP contribution in [0.1, 0.15) is 13.3 Å². The summed E-state index contributed by atoms with van der Waals surface area (Å²) in [4.78, 5) is 10.8. The Labute approximate surface area is 141 Å². The number of hydrogen-bond donors (Lipinski definition) is 2. The number of benzene rings is 1. The zero-order chi connectivity index (χ0) is 17.6. The molecule has 0 aromatic heterocycles. The molecule has 0 aliphatic carbocycles. The molecule has 0 bridgehead atoms. The average Bonchev–Trinajstić information content (AvgIpc) is 2.55. The van der Waals surface area contributed by atoms with Gasteiger partial charge in [-0.15, -0.1) is 0 Å². The van der Waals surface area contributed by atoms with Crippen molar-refractivity contribution in [3.63, 3.8) is 0 Å². The van der Waals surface area contributed by atoms with E-state index in [0.717, 1.165) is 0 Å². The lowest BCUT2D eigenvalue weighted by Gasteiger charge is -2.31. The Morgan fingerprint density at radius 2 is 2.08 bits per heavy atom. The summed E-state index contributed by atoms with van der Waals surface area (Å²) in [5.41, 5.74) is 4.99. The molecule has 2 atom stereocenters. The molecule has 8 nitrogen and oxygen atoms in total. The molecule has 1 amide bonds. The molecule has 1 aromatic carbocycles. The molecule has 1 saturated heterocycles. The Bertz CT molecular complexity index is 644. The highest BCUT2D eigenvalue weighted by Crippen LogP contribution is 2.19. The summed E-state index contributed by atoms with van der Waals surface area (Å²) in [5.74, 6) is -0.235. The fraction of sp³-hybridized carbons (Fsp3) is 0.533. The summed E-state index contributed by atoms with van der Waals surface area (Å²) < 4.78 is 43.7. The number of hydrogen-bond acceptors (Lipinski definition) is 6. The first kappa shape index (κ1) is 18.7. The molecule has 0 saturated carbocycles. The minimum atomic E-state index is -3.69. The third-order valence-electron chi connectivity index (χ3n) is 3.51. The van der Waals surface area contributed by atoms with Crippen molar-refractivity contribution >= 4 is 15.9 Å². The second-order valence-electron chi connectivity index (χ2n) is 5.31. The van der Waals surface area contributed by atoms with Gasteiger partial charge in [0.1, 0.15) is 5.75 Å². The molecule has 1 aromatic rings. The molecule has 3 N–H and O–H groups in total. The van der Waals surface area contributed by atoms with Crippen LogP contribution in [0, 0.1) is 0 Å². The van der Waals surface area contributed by atoms with Gasteiger partial charge < -0.3 is 19.9 Å². The average molecular weight is 358 g/mol. The SMILES string of the molecule is CCO[C@@H]1COCC[C@H]1NS(=O)(=O)c1ccc(OCC(N)=O)cc1. The summed E-state index contributed by atoms with van der Waals surface area (Å²) in [7, 11) is -3.69. The number of rotatable bonds is 8. The van der Waals surface area contributed by atoms with Crippen molar-refractivity contribution < 1.29 is 27.4 Å². The van der Waals surface area contributed by atoms with E-state index in [1.165, 1.54) is 24.3 Å². The number of primary amides is 1. The predicted octanol–water partition coefficient (Wildman–Crippen LogP) is 0.0230. The second-order valence-corrected chi connectivity index (χ2v) is 7.03. The second kappa shape index (κ2) is 8.43. The smallest absolute Gasteiger partial charge is 0.255 e. The maximum Gasteiger partial charge on any atom is 0.255 e. The molecular formula is C15H22N2O6S. The van der Waals surface area contributed by atoms with Crippen LogP contribution in [0.25, 0.3) is 0 Å². The molecule has 24 heavy (non-hydrogen) atoms. The Kier molecular flexibility index (Phi) is 6.55. The molecule has 1 aliphatic heterocycles. The molecular weight excluding hydrogens is 336 g/mol. The lowest BCUT2D eigenvalue weighted by Crippen LogP contribution is -2.49. The molecule has 1 fully saturated rings. The van der Waals surface area contributed by atoms with Gasteiger partial charge >= 0.3 is 0 Å². The summed E-state index contributed by atoms with van der Waals surface area (Å²) >= 11 is 0. The zero-order valence-corrected chi connectivity index (χ0v) is 14.3. The maximum atomic E-state index is 12.5. The summed E-state index contributed by atoms with van der Waals surface area (Å²) in [6, 6.07) is 5.43. The third-order valence-corrected chi connectivity index (χ3v) is 5.01. The highest BCUT2D eigenvalue weighted by Gasteiger charge is 2.30. The van der Waals surface area contributed by atoms with Gasteiger partial charge in [-0.3, -0.25) is 4.79 Å². The van der Waals surface area contributed by atoms with E-state index in [2.05, 4.69) is 4.72 Å². The molecule has 1 heterocycles. The Morgan fingerprint density at radius 1 is 1.38 bits per heavy atom. The zero-order valence-electron chi connectivity index (χ0n) is 13.4. The van der Waals surface area contributed by atoms with E-state index in [-0.39, 0.29) is 23.6 Å². The number of carbonyl (C=O) groups excluding carboxylic acids is 1. The number of sulfonamides is 1. The van der Waals surface area contributed by atoms with Gasteiger partial charge in [0.2, 0.25) is 10.0 Å². The van der Waals surface area contributed by atoms with Crippen LogP contribution < -0.4 is 15.2 Å². The molecule has 0 spiro atoms. The van der Waals surface area contributed by atoms with Crippen molar-refractivity contribution in [1.82, 2.24) is 4.72 Å². The summed E-state index contributed by atoms with van der Waals surface area (Å²) in [5, 5.41) is 0. The fourth-order valence-electron chi connectivity index (χ4n) is 2.36. The van der Waals surface area contributed by atoms with Gasteiger partial charge in [0.05, 0.1) is 23.6 Å². The minimum absolute atomic E-state index is 0.107. The van der Waals surface area contributed by atoms with Crippen molar-refractivity contribution in [2.75, 3.05) is 26.4 Å². The van der Waals surface area contributed by atoms with Crippen molar-refractivity contribution in [2.45, 2.75) is 30.4 Å². The van der Waals surface area contributed by atoms with Gasteiger partial charge in [0.25, 0.3) is 5.91 Å². The molecule has 1 aliphatic rings. The Hall–Kier alpha value is -1.68. The lowest BCUT2D eigenvalue weighted by molar-refractivity contribution is -0.119. The largest absolute Gasteiger partial charge is 0.484 e. The number of carbonyl (C=O) groups is 1. The molecule has 9 heteroatoms. The van der Waals surface area contributed by atoms with Gasteiger partial charge in [0, 0.05) is 13.2 Å². The maximum absolute atomic E-state index is 12.5. The first-order chi connectivity index (χ1) is 11.4. The topological polar surface area (TPSA) is 117 Å². The normalized spacial score (nSPS) is 21.4. The van der Waals surface area contributed by atoms with E-state index in [4.69, 9.17) is 19.9 Å². The van der Waals surface area contributed by atoms with Crippen LogP contribution in [-0.2, 0) is 24.3 Å². The fourth-order valence-corrected chi connectivity index (χ4v) is 3.66. The number of nitrogens with two attached hydrogens (primary N) is 1. The van der Waals surface area contributed by atoms with E-state index in [1.807, 2.05) is 6.92 Å². The highest BCUT2D eigenvalue weighted by atomic mass is 32.2. The quantitative estimate of drug-likeness (QED) is 0.677. The van der Waals surface area contributed by atoms with Crippen molar-refractivity contribution in [3.05, 3.63) is 24.3 Å². The highest BCUT2D eigenvalue weighted by molar-refractivity contribution is 7.89. The van der Waals surface area contributed by atoms with E-state index >= 15 is 0 Å². The molecule has 2 rings (SSSR count). The number of amides is 1. The van der Waals surface area contributed by atoms with Crippen molar-refractivity contribution in [1.29, 1.82) is 0 Å². The van der Waals surface area contributed by atoms with Gasteiger partial charge in [0.15, 0.2) is 6.61 Å². The van der Waals surface area contributed by atoms with Crippen molar-refractivity contribution in [2.24, 2.45) is 5.73 Å². The van der Waals surface area contributed by atoms with Crippen LogP contribution in [0.5, 0.6) is 5.75 Å². The summed E-state index contributed by atoms with van der Waals surface area (Å²) in [6.45, 7) is 2.92. The molecule has 0 unspecified atom stereocenters. The van der Waals surface area contributed by atoms with Crippen molar-refractivity contribution in [3.8, 4) is 5.75 Å². The number of ether oxygens (including phenoxy) is 3. The van der Waals surface area contributed by atoms with Crippen LogP contribution in [0.15, 0.2) is 29.2 Å². The van der Waals surface area contributed by atoms with Crippen LogP contribution in [-0.4, -0.2) is 52.9 Å². The predicted molar refractivity (Wildman–Crippen MR) is 86.1 cm³/mol. The molecule has 134 valence electrons. The van der Waals surface area contributed by atoms with E-state index in [0.29, 0.717) is 32.0 Å². The van der Waals surface area contributed by atoms with Crippen LogP contribution in [0.2, 0.25) is 0 Å².